The van der Waals surface area contributed by atoms with Crippen molar-refractivity contribution in [2.45, 2.75) is 25.8 Å². The molecule has 128 valence electrons. The molecule has 0 saturated carbocycles. The summed E-state index contributed by atoms with van der Waals surface area (Å²) in [7, 11) is 0. The Bertz CT molecular complexity index is 874. The van der Waals surface area contributed by atoms with Crippen molar-refractivity contribution in [1.82, 2.24) is 19.9 Å². The molecule has 5 nitrogen and oxygen atoms in total. The second kappa shape index (κ2) is 6.67. The minimum absolute atomic E-state index is 0.114. The lowest BCUT2D eigenvalue weighted by molar-refractivity contribution is -0.133. The Hall–Kier alpha value is -2.69. The van der Waals surface area contributed by atoms with Gasteiger partial charge in [-0.1, -0.05) is 54.6 Å². The van der Waals surface area contributed by atoms with Crippen LogP contribution in [0.25, 0.3) is 11.0 Å². The first kappa shape index (κ1) is 15.8. The van der Waals surface area contributed by atoms with Crippen molar-refractivity contribution in [2.75, 3.05) is 13.1 Å². The third-order valence-electron chi connectivity index (χ3n) is 5.24. The van der Waals surface area contributed by atoms with Crippen LogP contribution >= 0.6 is 0 Å². The van der Waals surface area contributed by atoms with Gasteiger partial charge in [0.1, 0.15) is 12.1 Å². The van der Waals surface area contributed by atoms with Crippen molar-refractivity contribution < 1.29 is 4.79 Å². The Balaban J connectivity index is 1.50. The van der Waals surface area contributed by atoms with Crippen LogP contribution in [0.1, 0.15) is 24.8 Å². The molecule has 25 heavy (non-hydrogen) atoms. The van der Waals surface area contributed by atoms with E-state index in [0.29, 0.717) is 11.8 Å². The number of para-hydroxylation sites is 1. The lowest BCUT2D eigenvalue weighted by Crippen LogP contribution is -2.43. The maximum absolute atomic E-state index is 12.8. The van der Waals surface area contributed by atoms with Crippen molar-refractivity contribution in [2.24, 2.45) is 5.92 Å². The van der Waals surface area contributed by atoms with E-state index in [2.05, 4.69) is 41.5 Å². The number of hydrogen-bond acceptors (Lipinski definition) is 3. The lowest BCUT2D eigenvalue weighted by Gasteiger charge is -2.37. The average Bonchev–Trinajstić information content (AvgIpc) is 3.06. The molecular weight excluding hydrogens is 312 g/mol. The molecule has 5 heteroatoms. The first-order valence-electron chi connectivity index (χ1n) is 8.83. The van der Waals surface area contributed by atoms with Crippen LogP contribution in [0.5, 0.6) is 0 Å². The molecule has 1 aliphatic rings. The van der Waals surface area contributed by atoms with Crippen molar-refractivity contribution >= 4 is 16.9 Å². The molecular formula is C20H22N4O. The minimum atomic E-state index is 0.114. The van der Waals surface area contributed by atoms with Gasteiger partial charge in [0.05, 0.1) is 5.52 Å². The van der Waals surface area contributed by atoms with E-state index in [0.717, 1.165) is 30.5 Å². The summed E-state index contributed by atoms with van der Waals surface area (Å²) >= 11 is 0. The first-order chi connectivity index (χ1) is 12.2. The van der Waals surface area contributed by atoms with Gasteiger partial charge in [0.25, 0.3) is 0 Å². The van der Waals surface area contributed by atoms with Gasteiger partial charge < -0.3 is 4.90 Å². The molecule has 2 aromatic carbocycles. The molecule has 0 spiro atoms. The fourth-order valence-corrected chi connectivity index (χ4v) is 3.69. The van der Waals surface area contributed by atoms with Crippen LogP contribution in [0.3, 0.4) is 0 Å². The number of rotatable bonds is 3. The molecule has 4 rings (SSSR count). The summed E-state index contributed by atoms with van der Waals surface area (Å²) in [6.07, 6.45) is 1.03. The van der Waals surface area contributed by atoms with Gasteiger partial charge in [-0.2, -0.15) is 0 Å². The summed E-state index contributed by atoms with van der Waals surface area (Å²) in [5.41, 5.74) is 3.05. The van der Waals surface area contributed by atoms with Crippen LogP contribution in [-0.4, -0.2) is 38.9 Å². The van der Waals surface area contributed by atoms with Gasteiger partial charge in [-0.3, -0.25) is 4.79 Å². The van der Waals surface area contributed by atoms with E-state index in [1.807, 2.05) is 35.2 Å². The highest BCUT2D eigenvalue weighted by atomic mass is 16.2. The molecule has 2 unspecified atom stereocenters. The second-order valence-corrected chi connectivity index (χ2v) is 6.86. The van der Waals surface area contributed by atoms with E-state index in [4.69, 9.17) is 0 Å². The number of carbonyl (C=O) groups is 1. The number of amides is 1. The van der Waals surface area contributed by atoms with E-state index in [9.17, 15) is 4.79 Å². The van der Waals surface area contributed by atoms with Gasteiger partial charge in [-0.05, 0) is 30.0 Å². The molecule has 2 heterocycles. The van der Waals surface area contributed by atoms with Crippen molar-refractivity contribution in [3.05, 3.63) is 60.2 Å². The molecule has 1 aliphatic heterocycles. The second-order valence-electron chi connectivity index (χ2n) is 6.86. The molecule has 1 saturated heterocycles. The van der Waals surface area contributed by atoms with Gasteiger partial charge in [-0.25, -0.2) is 4.68 Å². The number of piperidine rings is 1. The summed E-state index contributed by atoms with van der Waals surface area (Å²) < 4.78 is 1.70. The maximum Gasteiger partial charge on any atom is 0.244 e. The predicted molar refractivity (Wildman–Crippen MR) is 97.1 cm³/mol. The number of fused-ring (bicyclic) bond motifs is 1. The van der Waals surface area contributed by atoms with E-state index in [1.165, 1.54) is 5.56 Å². The predicted octanol–water partition coefficient (Wildman–Crippen LogP) is 3.08. The number of carbonyl (C=O) groups excluding carboxylic acids is 1. The maximum atomic E-state index is 12.8. The lowest BCUT2D eigenvalue weighted by atomic mass is 9.82. The highest BCUT2D eigenvalue weighted by Gasteiger charge is 2.30. The highest BCUT2D eigenvalue weighted by Crippen LogP contribution is 2.32. The topological polar surface area (TPSA) is 51.0 Å². The Morgan fingerprint density at radius 3 is 2.72 bits per heavy atom. The first-order valence-corrected chi connectivity index (χ1v) is 8.83. The molecule has 0 N–H and O–H groups in total. The third kappa shape index (κ3) is 3.14. The van der Waals surface area contributed by atoms with Crippen molar-refractivity contribution in [1.29, 1.82) is 0 Å². The van der Waals surface area contributed by atoms with Crippen LogP contribution in [0.2, 0.25) is 0 Å². The van der Waals surface area contributed by atoms with Gasteiger partial charge in [0, 0.05) is 19.0 Å². The zero-order chi connectivity index (χ0) is 17.2. The standard InChI is InChI=1S/C20H22N4O/c1-15-11-12-23(13-17(15)16-7-3-2-4-8-16)20(25)14-24-19-10-6-5-9-18(19)21-22-24/h2-10,15,17H,11-14H2,1H3. The number of aromatic nitrogens is 3. The van der Waals surface area contributed by atoms with Crippen LogP contribution in [-0.2, 0) is 11.3 Å². The quantitative estimate of drug-likeness (QED) is 0.739. The van der Waals surface area contributed by atoms with Crippen LogP contribution in [0.4, 0.5) is 0 Å². The molecule has 2 atom stereocenters. The molecule has 0 radical (unpaired) electrons. The fourth-order valence-electron chi connectivity index (χ4n) is 3.69. The Kier molecular flexibility index (Phi) is 4.22. The van der Waals surface area contributed by atoms with E-state index >= 15 is 0 Å². The molecule has 1 aromatic heterocycles. The fraction of sp³-hybridized carbons (Fsp3) is 0.350. The van der Waals surface area contributed by atoms with E-state index < -0.39 is 0 Å². The minimum Gasteiger partial charge on any atom is -0.340 e. The Labute approximate surface area is 147 Å². The molecule has 0 aliphatic carbocycles. The van der Waals surface area contributed by atoms with Crippen LogP contribution < -0.4 is 0 Å². The number of nitrogens with zero attached hydrogens (tertiary/aromatic N) is 4. The van der Waals surface area contributed by atoms with Gasteiger partial charge in [0.15, 0.2) is 0 Å². The number of hydrogen-bond donors (Lipinski definition) is 0. The Morgan fingerprint density at radius 1 is 1.12 bits per heavy atom. The Morgan fingerprint density at radius 2 is 1.88 bits per heavy atom. The molecule has 1 amide bonds. The largest absolute Gasteiger partial charge is 0.340 e. The smallest absolute Gasteiger partial charge is 0.244 e. The van der Waals surface area contributed by atoms with E-state index in [-0.39, 0.29) is 12.5 Å². The normalized spacial score (nSPS) is 20.8. The van der Waals surface area contributed by atoms with Crippen molar-refractivity contribution in [3.8, 4) is 0 Å². The third-order valence-corrected chi connectivity index (χ3v) is 5.24. The van der Waals surface area contributed by atoms with Gasteiger partial charge in [-0.15, -0.1) is 5.10 Å². The van der Waals surface area contributed by atoms with Gasteiger partial charge in [0.2, 0.25) is 5.91 Å². The summed E-state index contributed by atoms with van der Waals surface area (Å²) in [4.78, 5) is 14.8. The highest BCUT2D eigenvalue weighted by molar-refractivity contribution is 5.80. The van der Waals surface area contributed by atoms with Crippen LogP contribution in [0.15, 0.2) is 54.6 Å². The van der Waals surface area contributed by atoms with E-state index in [1.54, 1.807) is 4.68 Å². The SMILES string of the molecule is CC1CCN(C(=O)Cn2nnc3ccccc32)CC1c1ccccc1. The summed E-state index contributed by atoms with van der Waals surface area (Å²) in [5.74, 6) is 1.09. The molecule has 1 fully saturated rings. The van der Waals surface area contributed by atoms with Crippen LogP contribution in [0, 0.1) is 5.92 Å². The number of benzene rings is 2. The van der Waals surface area contributed by atoms with Gasteiger partial charge >= 0.3 is 0 Å². The monoisotopic (exact) mass is 334 g/mol. The average molecular weight is 334 g/mol. The molecule has 3 aromatic rings. The zero-order valence-electron chi connectivity index (χ0n) is 14.4. The summed E-state index contributed by atoms with van der Waals surface area (Å²) in [6.45, 7) is 4.12. The van der Waals surface area contributed by atoms with Crippen molar-refractivity contribution in [3.63, 3.8) is 0 Å². The summed E-state index contributed by atoms with van der Waals surface area (Å²) in [6, 6.07) is 18.3. The zero-order valence-corrected chi connectivity index (χ0v) is 14.4. The summed E-state index contributed by atoms with van der Waals surface area (Å²) in [5, 5.41) is 8.28. The number of likely N-dealkylation sites (tertiary alicyclic amines) is 1. The molecule has 0 bridgehead atoms.